The lowest BCUT2D eigenvalue weighted by Crippen LogP contribution is -2.49. The number of hydrogen-bond acceptors (Lipinski definition) is 3. The van der Waals surface area contributed by atoms with Gasteiger partial charge in [0.05, 0.1) is 0 Å². The van der Waals surface area contributed by atoms with Crippen LogP contribution < -0.4 is 0 Å². The standard InChI is InChI=1S/C19H27NO3/c21-17(15-7-3-1-4-8-15)18(22)19(23)20(13-14-11-12-14)16-9-5-2-6-10-16/h1,3-4,7-8,14,16-18,21-22H,2,5-6,9-13H2/t17-,18-/m1/s1. The molecule has 0 saturated heterocycles. The van der Waals surface area contributed by atoms with Crippen molar-refractivity contribution in [3.63, 3.8) is 0 Å². The molecule has 0 spiro atoms. The zero-order valence-electron chi connectivity index (χ0n) is 13.6. The molecule has 4 nitrogen and oxygen atoms in total. The number of carbonyl (C=O) groups is 1. The molecule has 1 aromatic carbocycles. The van der Waals surface area contributed by atoms with E-state index < -0.39 is 12.2 Å². The molecule has 1 aromatic rings. The normalized spacial score (nSPS) is 21.7. The van der Waals surface area contributed by atoms with E-state index in [0.717, 1.165) is 32.2 Å². The number of hydrogen-bond donors (Lipinski definition) is 2. The second-order valence-electron chi connectivity index (χ2n) is 7.03. The quantitative estimate of drug-likeness (QED) is 0.848. The molecule has 3 rings (SSSR count). The predicted octanol–water partition coefficient (Wildman–Crippen LogP) is 2.65. The van der Waals surface area contributed by atoms with E-state index in [4.69, 9.17) is 0 Å². The molecule has 4 heteroatoms. The summed E-state index contributed by atoms with van der Waals surface area (Å²) >= 11 is 0. The molecule has 2 saturated carbocycles. The zero-order valence-corrected chi connectivity index (χ0v) is 13.6. The highest BCUT2D eigenvalue weighted by atomic mass is 16.3. The van der Waals surface area contributed by atoms with Gasteiger partial charge < -0.3 is 15.1 Å². The van der Waals surface area contributed by atoms with Crippen molar-refractivity contribution in [1.29, 1.82) is 0 Å². The van der Waals surface area contributed by atoms with Crippen molar-refractivity contribution in [2.24, 2.45) is 5.92 Å². The lowest BCUT2D eigenvalue weighted by Gasteiger charge is -2.36. The van der Waals surface area contributed by atoms with Crippen molar-refractivity contribution in [1.82, 2.24) is 4.90 Å². The maximum Gasteiger partial charge on any atom is 0.254 e. The van der Waals surface area contributed by atoms with Gasteiger partial charge in [0, 0.05) is 12.6 Å². The summed E-state index contributed by atoms with van der Waals surface area (Å²) in [5.41, 5.74) is 0.586. The van der Waals surface area contributed by atoms with E-state index in [1.54, 1.807) is 24.3 Å². The second kappa shape index (κ2) is 7.45. The Balaban J connectivity index is 1.70. The maximum absolute atomic E-state index is 12.8. The summed E-state index contributed by atoms with van der Waals surface area (Å²) in [6.07, 6.45) is 5.39. The molecule has 23 heavy (non-hydrogen) atoms. The first-order valence-electron chi connectivity index (χ1n) is 8.88. The van der Waals surface area contributed by atoms with Gasteiger partial charge >= 0.3 is 0 Å². The van der Waals surface area contributed by atoms with Gasteiger partial charge in [-0.1, -0.05) is 49.6 Å². The van der Waals surface area contributed by atoms with Crippen molar-refractivity contribution in [2.75, 3.05) is 6.54 Å². The SMILES string of the molecule is O=C([C@H](O)[C@H](O)c1ccccc1)N(CC1CC1)C1CCCCC1. The third-order valence-electron chi connectivity index (χ3n) is 5.14. The number of amides is 1. The Bertz CT molecular complexity index is 509. The Morgan fingerprint density at radius 1 is 1.04 bits per heavy atom. The zero-order chi connectivity index (χ0) is 16.2. The Morgan fingerprint density at radius 2 is 1.70 bits per heavy atom. The average Bonchev–Trinajstić information content (AvgIpc) is 3.43. The van der Waals surface area contributed by atoms with Gasteiger partial charge in [0.1, 0.15) is 6.10 Å². The molecule has 0 unspecified atom stereocenters. The van der Waals surface area contributed by atoms with Crippen LogP contribution in [0.3, 0.4) is 0 Å². The molecule has 0 aliphatic heterocycles. The van der Waals surface area contributed by atoms with Gasteiger partial charge in [-0.05, 0) is 37.2 Å². The summed E-state index contributed by atoms with van der Waals surface area (Å²) < 4.78 is 0. The Kier molecular flexibility index (Phi) is 5.34. The third kappa shape index (κ3) is 4.12. The van der Waals surface area contributed by atoms with Crippen LogP contribution in [0.5, 0.6) is 0 Å². The van der Waals surface area contributed by atoms with E-state index in [-0.39, 0.29) is 11.9 Å². The lowest BCUT2D eigenvalue weighted by atomic mass is 9.93. The highest BCUT2D eigenvalue weighted by Gasteiger charge is 2.36. The van der Waals surface area contributed by atoms with Gasteiger partial charge in [0.25, 0.3) is 5.91 Å². The summed E-state index contributed by atoms with van der Waals surface area (Å²) in [6.45, 7) is 0.738. The van der Waals surface area contributed by atoms with Crippen LogP contribution in [-0.4, -0.2) is 39.7 Å². The van der Waals surface area contributed by atoms with Crippen LogP contribution >= 0.6 is 0 Å². The molecule has 1 amide bonds. The van der Waals surface area contributed by atoms with Crippen molar-refractivity contribution in [3.8, 4) is 0 Å². The van der Waals surface area contributed by atoms with Crippen LogP contribution in [0.15, 0.2) is 30.3 Å². The molecule has 0 aromatic heterocycles. The summed E-state index contributed by atoms with van der Waals surface area (Å²) in [6, 6.07) is 9.18. The largest absolute Gasteiger partial charge is 0.385 e. The molecular weight excluding hydrogens is 290 g/mol. The van der Waals surface area contributed by atoms with Crippen molar-refractivity contribution in [2.45, 2.75) is 63.2 Å². The first kappa shape index (κ1) is 16.5. The van der Waals surface area contributed by atoms with Gasteiger partial charge in [0.2, 0.25) is 0 Å². The minimum absolute atomic E-state index is 0.231. The van der Waals surface area contributed by atoms with Gasteiger partial charge in [-0.2, -0.15) is 0 Å². The van der Waals surface area contributed by atoms with E-state index >= 15 is 0 Å². The molecule has 0 radical (unpaired) electrons. The Labute approximate surface area is 138 Å². The minimum atomic E-state index is -1.38. The highest BCUT2D eigenvalue weighted by Crippen LogP contribution is 2.33. The number of aliphatic hydroxyl groups excluding tert-OH is 2. The fourth-order valence-electron chi connectivity index (χ4n) is 3.53. The Hall–Kier alpha value is -1.39. The van der Waals surface area contributed by atoms with Crippen LogP contribution in [0.1, 0.15) is 56.6 Å². The van der Waals surface area contributed by atoms with Crippen LogP contribution in [0.4, 0.5) is 0 Å². The van der Waals surface area contributed by atoms with E-state index in [2.05, 4.69) is 0 Å². The van der Waals surface area contributed by atoms with E-state index in [1.807, 2.05) is 11.0 Å². The van der Waals surface area contributed by atoms with Crippen LogP contribution in [-0.2, 0) is 4.79 Å². The topological polar surface area (TPSA) is 60.8 Å². The highest BCUT2D eigenvalue weighted by molar-refractivity contribution is 5.82. The summed E-state index contributed by atoms with van der Waals surface area (Å²) in [5.74, 6) is 0.280. The minimum Gasteiger partial charge on any atom is -0.385 e. The van der Waals surface area contributed by atoms with Crippen molar-refractivity contribution in [3.05, 3.63) is 35.9 Å². The monoisotopic (exact) mass is 317 g/mol. The van der Waals surface area contributed by atoms with E-state index in [1.165, 1.54) is 19.3 Å². The van der Waals surface area contributed by atoms with Crippen LogP contribution in [0.2, 0.25) is 0 Å². The summed E-state index contributed by atoms with van der Waals surface area (Å²) in [5, 5.41) is 20.8. The molecule has 0 bridgehead atoms. The molecular formula is C19H27NO3. The first-order chi connectivity index (χ1) is 11.2. The molecule has 2 atom stereocenters. The fraction of sp³-hybridized carbons (Fsp3) is 0.632. The van der Waals surface area contributed by atoms with Crippen molar-refractivity contribution < 1.29 is 15.0 Å². The predicted molar refractivity (Wildman–Crippen MR) is 88.7 cm³/mol. The molecule has 2 fully saturated rings. The fourth-order valence-corrected chi connectivity index (χ4v) is 3.53. The maximum atomic E-state index is 12.8. The van der Waals surface area contributed by atoms with Gasteiger partial charge in [-0.25, -0.2) is 0 Å². The first-order valence-corrected chi connectivity index (χ1v) is 8.88. The van der Waals surface area contributed by atoms with Crippen LogP contribution in [0, 0.1) is 5.92 Å². The average molecular weight is 317 g/mol. The summed E-state index contributed by atoms with van der Waals surface area (Å²) in [4.78, 5) is 14.7. The number of carbonyl (C=O) groups excluding carboxylic acids is 1. The molecule has 2 N–H and O–H groups in total. The third-order valence-corrected chi connectivity index (χ3v) is 5.14. The van der Waals surface area contributed by atoms with Gasteiger partial charge in [-0.15, -0.1) is 0 Å². The lowest BCUT2D eigenvalue weighted by molar-refractivity contribution is -0.150. The number of aliphatic hydroxyl groups is 2. The number of benzene rings is 1. The van der Waals surface area contributed by atoms with E-state index in [9.17, 15) is 15.0 Å². The second-order valence-corrected chi connectivity index (χ2v) is 7.03. The molecule has 0 heterocycles. The number of rotatable bonds is 6. The van der Waals surface area contributed by atoms with Gasteiger partial charge in [-0.3, -0.25) is 4.79 Å². The number of nitrogens with zero attached hydrogens (tertiary/aromatic N) is 1. The summed E-state index contributed by atoms with van der Waals surface area (Å²) in [7, 11) is 0. The Morgan fingerprint density at radius 3 is 2.30 bits per heavy atom. The van der Waals surface area contributed by atoms with Crippen molar-refractivity contribution >= 4 is 5.91 Å². The van der Waals surface area contributed by atoms with Crippen LogP contribution in [0.25, 0.3) is 0 Å². The molecule has 2 aliphatic carbocycles. The van der Waals surface area contributed by atoms with Gasteiger partial charge in [0.15, 0.2) is 6.10 Å². The van der Waals surface area contributed by atoms with E-state index in [0.29, 0.717) is 11.5 Å². The molecule has 2 aliphatic rings. The smallest absolute Gasteiger partial charge is 0.254 e. The molecule has 126 valence electrons.